The third-order valence-electron chi connectivity index (χ3n) is 2.42. The fourth-order valence-corrected chi connectivity index (χ4v) is 1.55. The van der Waals surface area contributed by atoms with Crippen LogP contribution in [0.3, 0.4) is 0 Å². The highest BCUT2D eigenvalue weighted by Gasteiger charge is 2.21. The first-order chi connectivity index (χ1) is 7.61. The Bertz CT molecular complexity index is 364. The van der Waals surface area contributed by atoms with Crippen molar-refractivity contribution in [1.29, 1.82) is 0 Å². The Kier molecular flexibility index (Phi) is 4.35. The maximum atomic E-state index is 5.30. The van der Waals surface area contributed by atoms with Crippen LogP contribution in [0.5, 0.6) is 0 Å². The van der Waals surface area contributed by atoms with Gasteiger partial charge in [-0.2, -0.15) is 0 Å². The molecule has 1 heterocycles. The molecule has 0 spiro atoms. The van der Waals surface area contributed by atoms with Crippen molar-refractivity contribution >= 4 is 5.71 Å². The number of methoxy groups -OCH3 is 1. The lowest BCUT2D eigenvalue weighted by Gasteiger charge is -2.20. The van der Waals surface area contributed by atoms with E-state index in [2.05, 4.69) is 18.5 Å². The number of allylic oxidation sites excluding steroid dienone is 3. The Balaban J connectivity index is 3.07. The zero-order valence-corrected chi connectivity index (χ0v) is 10.6. The maximum absolute atomic E-state index is 5.30. The molecule has 1 aliphatic rings. The van der Waals surface area contributed by atoms with Crippen LogP contribution in [0, 0.1) is 0 Å². The molecule has 88 valence electrons. The molecular formula is C13H20N2O. The predicted molar refractivity (Wildman–Crippen MR) is 68.1 cm³/mol. The zero-order chi connectivity index (χ0) is 12.1. The van der Waals surface area contributed by atoms with Crippen molar-refractivity contribution in [2.24, 2.45) is 4.99 Å². The Labute approximate surface area is 97.8 Å². The van der Waals surface area contributed by atoms with E-state index in [0.29, 0.717) is 0 Å². The van der Waals surface area contributed by atoms with Crippen LogP contribution in [0.1, 0.15) is 27.2 Å². The van der Waals surface area contributed by atoms with Gasteiger partial charge in [-0.25, -0.2) is 0 Å². The molecule has 0 aromatic carbocycles. The van der Waals surface area contributed by atoms with Gasteiger partial charge in [-0.15, -0.1) is 0 Å². The van der Waals surface area contributed by atoms with Crippen LogP contribution in [0.4, 0.5) is 0 Å². The summed E-state index contributed by atoms with van der Waals surface area (Å²) < 4.78 is 5.30. The van der Waals surface area contributed by atoms with Gasteiger partial charge in [0.1, 0.15) is 11.5 Å². The molecule has 1 rings (SSSR count). The molecular weight excluding hydrogens is 200 g/mol. The van der Waals surface area contributed by atoms with E-state index in [4.69, 9.17) is 4.74 Å². The first-order valence-corrected chi connectivity index (χ1v) is 5.54. The smallest absolute Gasteiger partial charge is 0.119 e. The van der Waals surface area contributed by atoms with E-state index >= 15 is 0 Å². The van der Waals surface area contributed by atoms with Crippen molar-refractivity contribution < 1.29 is 4.74 Å². The van der Waals surface area contributed by atoms with Crippen molar-refractivity contribution in [3.05, 3.63) is 36.0 Å². The van der Waals surface area contributed by atoms with E-state index in [1.165, 1.54) is 0 Å². The molecule has 0 saturated carbocycles. The summed E-state index contributed by atoms with van der Waals surface area (Å²) in [5, 5.41) is 0. The van der Waals surface area contributed by atoms with Gasteiger partial charge < -0.3 is 9.64 Å². The summed E-state index contributed by atoms with van der Waals surface area (Å²) in [6.07, 6.45) is 5.03. The highest BCUT2D eigenvalue weighted by Crippen LogP contribution is 2.24. The first kappa shape index (κ1) is 12.6. The third-order valence-corrected chi connectivity index (χ3v) is 2.42. The molecule has 1 aliphatic heterocycles. The van der Waals surface area contributed by atoms with Crippen LogP contribution in [-0.4, -0.2) is 24.3 Å². The van der Waals surface area contributed by atoms with E-state index in [1.54, 1.807) is 7.11 Å². The Morgan fingerprint density at radius 1 is 1.50 bits per heavy atom. The lowest BCUT2D eigenvalue weighted by molar-refractivity contribution is 0.283. The Morgan fingerprint density at radius 2 is 2.19 bits per heavy atom. The molecule has 3 nitrogen and oxygen atoms in total. The molecule has 0 bridgehead atoms. The van der Waals surface area contributed by atoms with Crippen LogP contribution in [0.2, 0.25) is 0 Å². The molecule has 0 aromatic heterocycles. The Morgan fingerprint density at radius 3 is 2.69 bits per heavy atom. The largest absolute Gasteiger partial charge is 0.499 e. The minimum atomic E-state index is 0.837. The standard InChI is InChI=1S/C13H20N2O/c1-6-8-14-12-7-9-15(10(2)3)13(12)11(4)16-5/h7,9H,2,6,8H2,1,3-5H3/b13-11-,14-12?. The second kappa shape index (κ2) is 5.54. The van der Waals surface area contributed by atoms with Crippen molar-refractivity contribution in [2.75, 3.05) is 13.7 Å². The zero-order valence-electron chi connectivity index (χ0n) is 10.6. The molecule has 0 aromatic rings. The monoisotopic (exact) mass is 220 g/mol. The van der Waals surface area contributed by atoms with Gasteiger partial charge in [0.05, 0.1) is 12.8 Å². The van der Waals surface area contributed by atoms with Gasteiger partial charge >= 0.3 is 0 Å². The summed E-state index contributed by atoms with van der Waals surface area (Å²) in [6.45, 7) is 10.8. The molecule has 0 saturated heterocycles. The number of nitrogens with zero attached hydrogens (tertiary/aromatic N) is 2. The number of hydrogen-bond donors (Lipinski definition) is 0. The summed E-state index contributed by atoms with van der Waals surface area (Å²) in [5.41, 5.74) is 2.94. The molecule has 16 heavy (non-hydrogen) atoms. The van der Waals surface area contributed by atoms with E-state index in [0.717, 1.165) is 35.8 Å². The van der Waals surface area contributed by atoms with Crippen LogP contribution in [0.15, 0.2) is 41.0 Å². The first-order valence-electron chi connectivity index (χ1n) is 5.54. The fraction of sp³-hybridized carbons (Fsp3) is 0.462. The maximum Gasteiger partial charge on any atom is 0.119 e. The molecule has 0 amide bonds. The number of rotatable bonds is 4. The van der Waals surface area contributed by atoms with Crippen LogP contribution in [0.25, 0.3) is 0 Å². The van der Waals surface area contributed by atoms with Gasteiger partial charge in [0.25, 0.3) is 0 Å². The van der Waals surface area contributed by atoms with Crippen LogP contribution < -0.4 is 0 Å². The van der Waals surface area contributed by atoms with Gasteiger partial charge in [0.2, 0.25) is 0 Å². The average Bonchev–Trinajstić information content (AvgIpc) is 2.69. The van der Waals surface area contributed by atoms with Crippen LogP contribution in [-0.2, 0) is 4.74 Å². The topological polar surface area (TPSA) is 24.8 Å². The van der Waals surface area contributed by atoms with Crippen LogP contribution >= 0.6 is 0 Å². The van der Waals surface area contributed by atoms with E-state index in [9.17, 15) is 0 Å². The van der Waals surface area contributed by atoms with E-state index in [1.807, 2.05) is 31.0 Å². The molecule has 3 heteroatoms. The number of hydrogen-bond acceptors (Lipinski definition) is 3. The van der Waals surface area contributed by atoms with Gasteiger partial charge in [0.15, 0.2) is 0 Å². The van der Waals surface area contributed by atoms with Gasteiger partial charge in [0, 0.05) is 18.4 Å². The normalized spacial score (nSPS) is 20.5. The minimum Gasteiger partial charge on any atom is -0.499 e. The average molecular weight is 220 g/mol. The summed E-state index contributed by atoms with van der Waals surface area (Å²) in [6, 6.07) is 0. The van der Waals surface area contributed by atoms with Crippen molar-refractivity contribution in [1.82, 2.24) is 4.90 Å². The van der Waals surface area contributed by atoms with Crippen molar-refractivity contribution in [3.63, 3.8) is 0 Å². The van der Waals surface area contributed by atoms with Gasteiger partial charge in [-0.3, -0.25) is 4.99 Å². The summed E-state index contributed by atoms with van der Waals surface area (Å²) in [5.74, 6) is 0.864. The summed E-state index contributed by atoms with van der Waals surface area (Å²) in [7, 11) is 1.68. The second-order valence-electron chi connectivity index (χ2n) is 3.80. The summed E-state index contributed by atoms with van der Waals surface area (Å²) in [4.78, 5) is 6.54. The molecule has 0 fully saturated rings. The van der Waals surface area contributed by atoms with Gasteiger partial charge in [-0.05, 0) is 26.3 Å². The number of aliphatic imine (C=N–C) groups is 1. The summed E-state index contributed by atoms with van der Waals surface area (Å²) >= 11 is 0. The second-order valence-corrected chi connectivity index (χ2v) is 3.80. The SMILES string of the molecule is C=C(C)N1C=CC(=NCCC)/C1=C(\C)OC. The number of ether oxygens (including phenoxy) is 1. The van der Waals surface area contributed by atoms with E-state index < -0.39 is 0 Å². The lowest BCUT2D eigenvalue weighted by Crippen LogP contribution is -2.16. The van der Waals surface area contributed by atoms with Gasteiger partial charge in [-0.1, -0.05) is 13.5 Å². The fourth-order valence-electron chi connectivity index (χ4n) is 1.55. The molecule has 0 unspecified atom stereocenters. The molecule has 0 N–H and O–H groups in total. The predicted octanol–water partition coefficient (Wildman–Crippen LogP) is 3.08. The molecule has 0 radical (unpaired) electrons. The highest BCUT2D eigenvalue weighted by atomic mass is 16.5. The lowest BCUT2D eigenvalue weighted by atomic mass is 10.2. The molecule has 0 atom stereocenters. The van der Waals surface area contributed by atoms with Crippen molar-refractivity contribution in [2.45, 2.75) is 27.2 Å². The Hall–Kier alpha value is -1.51. The van der Waals surface area contributed by atoms with E-state index in [-0.39, 0.29) is 0 Å². The van der Waals surface area contributed by atoms with Crippen molar-refractivity contribution in [3.8, 4) is 0 Å². The quantitative estimate of drug-likeness (QED) is 0.680. The minimum absolute atomic E-state index is 0.837. The molecule has 0 aliphatic carbocycles. The third kappa shape index (κ3) is 2.54. The highest BCUT2D eigenvalue weighted by molar-refractivity contribution is 6.10.